The van der Waals surface area contributed by atoms with Crippen molar-refractivity contribution in [2.75, 3.05) is 5.32 Å². The van der Waals surface area contributed by atoms with Gasteiger partial charge >= 0.3 is 17.4 Å². The number of aryl methyl sites for hydroxylation is 1. The monoisotopic (exact) mass is 326 g/mol. The quantitative estimate of drug-likeness (QED) is 0.670. The summed E-state index contributed by atoms with van der Waals surface area (Å²) in [4.78, 5) is 12.4. The van der Waals surface area contributed by atoms with Crippen LogP contribution in [-0.4, -0.2) is 5.91 Å². The molecular weight excluding hydrogens is 308 g/mol. The first-order valence-electron chi connectivity index (χ1n) is 8.03. The van der Waals surface area contributed by atoms with Crippen LogP contribution in [0, 0.1) is 34.6 Å². The average molecular weight is 326 g/mol. The lowest BCUT2D eigenvalue weighted by molar-refractivity contribution is -0.620. The zero-order chi connectivity index (χ0) is 17.3. The Labute approximate surface area is 139 Å². The molecule has 0 saturated heterocycles. The SMILES string of the molecule is Cc1ccc2c(c1)[n+]([O-])c(C#N)c(NC(=O)C1CCCCC1)[n+]2[O-]. The van der Waals surface area contributed by atoms with Crippen LogP contribution in [0.25, 0.3) is 11.0 Å². The topological polar surface area (TPSA) is 107 Å². The van der Waals surface area contributed by atoms with E-state index in [4.69, 9.17) is 0 Å². The van der Waals surface area contributed by atoms with Crippen LogP contribution in [0.4, 0.5) is 5.82 Å². The number of nitrogens with one attached hydrogen (secondary N) is 1. The number of fused-ring (bicyclic) bond motifs is 1. The van der Waals surface area contributed by atoms with Crippen molar-refractivity contribution in [3.05, 3.63) is 39.9 Å². The normalized spacial score (nSPS) is 15.2. The van der Waals surface area contributed by atoms with Crippen molar-refractivity contribution < 1.29 is 14.3 Å². The van der Waals surface area contributed by atoms with Crippen molar-refractivity contribution in [2.24, 2.45) is 5.92 Å². The van der Waals surface area contributed by atoms with Crippen LogP contribution in [-0.2, 0) is 4.79 Å². The molecule has 1 N–H and O–H groups in total. The molecule has 1 amide bonds. The second kappa shape index (κ2) is 6.32. The lowest BCUT2D eigenvalue weighted by Crippen LogP contribution is -2.45. The highest BCUT2D eigenvalue weighted by Gasteiger charge is 2.32. The Bertz CT molecular complexity index is 851. The van der Waals surface area contributed by atoms with Crippen molar-refractivity contribution in [1.29, 1.82) is 5.26 Å². The molecule has 7 heteroatoms. The first-order valence-corrected chi connectivity index (χ1v) is 8.03. The number of hydrogen-bond acceptors (Lipinski definition) is 4. The summed E-state index contributed by atoms with van der Waals surface area (Å²) in [6.07, 6.45) is 4.57. The number of benzene rings is 1. The predicted molar refractivity (Wildman–Crippen MR) is 86.5 cm³/mol. The molecule has 0 aliphatic heterocycles. The van der Waals surface area contributed by atoms with E-state index in [0.29, 0.717) is 9.46 Å². The maximum absolute atomic E-state index is 12.6. The minimum absolute atomic E-state index is 0.109. The van der Waals surface area contributed by atoms with Gasteiger partial charge in [-0.2, -0.15) is 5.26 Å². The van der Waals surface area contributed by atoms with Gasteiger partial charge in [0.05, 0.1) is 5.92 Å². The minimum atomic E-state index is -0.396. The first kappa shape index (κ1) is 16.0. The van der Waals surface area contributed by atoms with Crippen LogP contribution in [0.3, 0.4) is 0 Å². The molecule has 0 bridgehead atoms. The Morgan fingerprint density at radius 2 is 1.92 bits per heavy atom. The number of amides is 1. The van der Waals surface area contributed by atoms with E-state index in [1.807, 2.05) is 0 Å². The molecule has 1 heterocycles. The standard InChI is InChI=1S/C17H18N4O3/c1-11-7-8-13-14(9-11)20(23)15(10-18)16(21(13)24)19-17(22)12-5-3-2-4-6-12/h7-9,12H,2-6H2,1H3,(H,19,22). The van der Waals surface area contributed by atoms with E-state index in [2.05, 4.69) is 5.32 Å². The fourth-order valence-corrected chi connectivity index (χ4v) is 3.19. The number of rotatable bonds is 2. The third-order valence-corrected chi connectivity index (χ3v) is 4.52. The molecule has 0 radical (unpaired) electrons. The van der Waals surface area contributed by atoms with Gasteiger partial charge in [-0.25, -0.2) is 14.8 Å². The summed E-state index contributed by atoms with van der Waals surface area (Å²) in [5.41, 5.74) is 0.632. The smallest absolute Gasteiger partial charge is 0.386 e. The second-order valence-corrected chi connectivity index (χ2v) is 6.21. The summed E-state index contributed by atoms with van der Waals surface area (Å²) < 4.78 is 0.871. The summed E-state index contributed by atoms with van der Waals surface area (Å²) >= 11 is 0. The average Bonchev–Trinajstić information content (AvgIpc) is 2.60. The van der Waals surface area contributed by atoms with Gasteiger partial charge in [-0.3, -0.25) is 0 Å². The number of carbonyl (C=O) groups excluding carboxylic acids is 1. The van der Waals surface area contributed by atoms with Crippen LogP contribution in [0.5, 0.6) is 0 Å². The van der Waals surface area contributed by atoms with E-state index in [0.717, 1.165) is 37.7 Å². The molecule has 1 aliphatic rings. The Morgan fingerprint density at radius 1 is 1.21 bits per heavy atom. The Hall–Kier alpha value is -2.88. The van der Waals surface area contributed by atoms with Gasteiger partial charge < -0.3 is 10.4 Å². The molecule has 1 aromatic carbocycles. The predicted octanol–water partition coefficient (Wildman–Crippen LogP) is 1.81. The maximum Gasteiger partial charge on any atom is 0.386 e. The van der Waals surface area contributed by atoms with Crippen molar-refractivity contribution in [3.8, 4) is 6.07 Å². The molecular formula is C17H18N4O3. The molecule has 0 unspecified atom stereocenters. The van der Waals surface area contributed by atoms with Crippen LogP contribution in [0.1, 0.15) is 43.4 Å². The summed E-state index contributed by atoms with van der Waals surface area (Å²) in [7, 11) is 0. The van der Waals surface area contributed by atoms with Crippen LogP contribution in [0.15, 0.2) is 18.2 Å². The number of hydrogen-bond donors (Lipinski definition) is 1. The first-order chi connectivity index (χ1) is 11.5. The van der Waals surface area contributed by atoms with Crippen LogP contribution in [0.2, 0.25) is 0 Å². The maximum atomic E-state index is 12.6. The van der Waals surface area contributed by atoms with E-state index < -0.39 is 5.69 Å². The lowest BCUT2D eigenvalue weighted by atomic mass is 9.89. The fraction of sp³-hybridized carbons (Fsp3) is 0.412. The number of carbonyl (C=O) groups is 1. The third kappa shape index (κ3) is 2.71. The third-order valence-electron chi connectivity index (χ3n) is 4.52. The van der Waals surface area contributed by atoms with Gasteiger partial charge in [-0.05, 0) is 31.4 Å². The molecule has 7 nitrogen and oxygen atoms in total. The van der Waals surface area contributed by atoms with E-state index in [1.165, 1.54) is 6.07 Å². The number of aromatic nitrogens is 2. The molecule has 0 atom stereocenters. The highest BCUT2D eigenvalue weighted by Crippen LogP contribution is 2.25. The largest absolute Gasteiger partial charge is 0.710 e. The van der Waals surface area contributed by atoms with E-state index in [1.54, 1.807) is 25.1 Å². The number of nitrogens with zero attached hydrogens (tertiary/aromatic N) is 3. The van der Waals surface area contributed by atoms with Gasteiger partial charge in [-0.15, -0.1) is 4.73 Å². The molecule has 3 rings (SSSR count). The highest BCUT2D eigenvalue weighted by molar-refractivity contribution is 5.92. The van der Waals surface area contributed by atoms with Gasteiger partial charge in [0, 0.05) is 6.07 Å². The van der Waals surface area contributed by atoms with Crippen LogP contribution < -0.4 is 14.8 Å². The van der Waals surface area contributed by atoms with Crippen molar-refractivity contribution in [2.45, 2.75) is 39.0 Å². The van der Waals surface area contributed by atoms with Gasteiger partial charge in [-0.1, -0.05) is 25.3 Å². The molecule has 124 valence electrons. The number of anilines is 1. The van der Waals surface area contributed by atoms with Gasteiger partial charge in [0.15, 0.2) is 6.07 Å². The van der Waals surface area contributed by atoms with E-state index in [9.17, 15) is 20.5 Å². The van der Waals surface area contributed by atoms with Crippen LogP contribution >= 0.6 is 0 Å². The van der Waals surface area contributed by atoms with Crippen molar-refractivity contribution in [1.82, 2.24) is 0 Å². The molecule has 1 saturated carbocycles. The molecule has 1 aromatic heterocycles. The fourth-order valence-electron chi connectivity index (χ4n) is 3.19. The Morgan fingerprint density at radius 3 is 2.58 bits per heavy atom. The zero-order valence-corrected chi connectivity index (χ0v) is 13.4. The lowest BCUT2D eigenvalue weighted by Gasteiger charge is -2.19. The molecule has 0 spiro atoms. The summed E-state index contributed by atoms with van der Waals surface area (Å²) in [6.45, 7) is 1.79. The zero-order valence-electron chi connectivity index (χ0n) is 13.4. The van der Waals surface area contributed by atoms with Gasteiger partial charge in [0.25, 0.3) is 5.52 Å². The highest BCUT2D eigenvalue weighted by atomic mass is 16.5. The van der Waals surface area contributed by atoms with E-state index in [-0.39, 0.29) is 28.7 Å². The van der Waals surface area contributed by atoms with Gasteiger partial charge in [0.1, 0.15) is 0 Å². The van der Waals surface area contributed by atoms with E-state index >= 15 is 0 Å². The molecule has 1 fully saturated rings. The summed E-state index contributed by atoms with van der Waals surface area (Å²) in [5.74, 6) is -0.777. The molecule has 1 aliphatic carbocycles. The van der Waals surface area contributed by atoms with Gasteiger partial charge in [0.2, 0.25) is 5.52 Å². The summed E-state index contributed by atoms with van der Waals surface area (Å²) in [5, 5.41) is 36.8. The molecule has 2 aromatic rings. The Balaban J connectivity index is 2.07. The second-order valence-electron chi connectivity index (χ2n) is 6.21. The minimum Gasteiger partial charge on any atom is -0.710 e. The van der Waals surface area contributed by atoms with Crippen molar-refractivity contribution >= 4 is 22.8 Å². The van der Waals surface area contributed by atoms with Crippen molar-refractivity contribution in [3.63, 3.8) is 0 Å². The molecule has 24 heavy (non-hydrogen) atoms. The number of nitriles is 1. The summed E-state index contributed by atoms with van der Waals surface area (Å²) in [6, 6.07) is 6.51. The Kier molecular flexibility index (Phi) is 4.21.